The van der Waals surface area contributed by atoms with Gasteiger partial charge in [-0.15, -0.1) is 0 Å². The molecule has 2 bridgehead atoms. The normalized spacial score (nSPS) is 30.7. The third-order valence-electron chi connectivity index (χ3n) is 7.09. The van der Waals surface area contributed by atoms with Crippen LogP contribution in [-0.2, 0) is 16.6 Å². The number of nitrogens with zero attached hydrogens (tertiary/aromatic N) is 1. The first-order valence-electron chi connectivity index (χ1n) is 10.1. The van der Waals surface area contributed by atoms with Crippen LogP contribution in [0.2, 0.25) is 0 Å². The lowest BCUT2D eigenvalue weighted by Crippen LogP contribution is -2.60. The Balaban J connectivity index is 1.63. The minimum absolute atomic E-state index is 0.0267. The zero-order valence-electron chi connectivity index (χ0n) is 15.7. The second-order valence-corrected chi connectivity index (χ2v) is 8.55. The van der Waals surface area contributed by atoms with Crippen LogP contribution in [-0.4, -0.2) is 48.1 Å². The van der Waals surface area contributed by atoms with Gasteiger partial charge in [-0.05, 0) is 73.7 Å². The molecule has 4 rings (SSSR count). The maximum Gasteiger partial charge on any atom is 0.233 e. The summed E-state index contributed by atoms with van der Waals surface area (Å²) in [6, 6.07) is 6.46. The summed E-state index contributed by atoms with van der Waals surface area (Å²) in [5, 5.41) is 13.1. The molecule has 1 aliphatic heterocycles. The van der Waals surface area contributed by atoms with Crippen LogP contribution < -0.4 is 11.1 Å². The lowest BCUT2D eigenvalue weighted by atomic mass is 9.56. The molecule has 4 N–H and O–H groups in total. The summed E-state index contributed by atoms with van der Waals surface area (Å²) >= 11 is 0. The van der Waals surface area contributed by atoms with Gasteiger partial charge in [-0.25, -0.2) is 0 Å². The number of nitrogens with two attached hydrogens (primary N) is 1. The van der Waals surface area contributed by atoms with Crippen molar-refractivity contribution in [3.8, 4) is 5.75 Å². The maximum absolute atomic E-state index is 11.6. The maximum atomic E-state index is 11.6. The van der Waals surface area contributed by atoms with Crippen molar-refractivity contribution in [2.45, 2.75) is 50.5 Å². The summed E-state index contributed by atoms with van der Waals surface area (Å²) in [6.45, 7) is 5.41. The Kier molecular flexibility index (Phi) is 4.70. The number of phenolic OH excluding ortho intramolecular Hbond substituents is 1. The number of carbonyl (C=O) groups excluding carboxylic acids is 1. The first-order valence-corrected chi connectivity index (χ1v) is 10.1. The fourth-order valence-electron chi connectivity index (χ4n) is 5.38. The molecule has 0 radical (unpaired) electrons. The second-order valence-electron chi connectivity index (χ2n) is 8.55. The number of likely N-dealkylation sites (tertiary alicyclic amines) is 1. The number of aromatic hydroxyl groups is 1. The van der Waals surface area contributed by atoms with Crippen LogP contribution in [0.25, 0.3) is 0 Å². The van der Waals surface area contributed by atoms with E-state index in [0.717, 1.165) is 31.7 Å². The van der Waals surface area contributed by atoms with Gasteiger partial charge in [0.25, 0.3) is 0 Å². The van der Waals surface area contributed by atoms with Gasteiger partial charge in [0.05, 0.1) is 6.54 Å². The monoisotopic (exact) mass is 357 g/mol. The van der Waals surface area contributed by atoms with Crippen molar-refractivity contribution in [1.82, 2.24) is 10.2 Å². The Morgan fingerprint density at radius 3 is 2.96 bits per heavy atom. The van der Waals surface area contributed by atoms with E-state index in [1.807, 2.05) is 12.1 Å². The number of fused-ring (bicyclic) bond motifs is 4. The molecule has 1 amide bonds. The second kappa shape index (κ2) is 6.86. The van der Waals surface area contributed by atoms with Crippen molar-refractivity contribution in [3.05, 3.63) is 29.3 Å². The molecule has 1 aromatic carbocycles. The van der Waals surface area contributed by atoms with Crippen molar-refractivity contribution in [2.75, 3.05) is 26.2 Å². The minimum atomic E-state index is -0.0938. The van der Waals surface area contributed by atoms with Crippen LogP contribution in [0.3, 0.4) is 0 Å². The van der Waals surface area contributed by atoms with Crippen molar-refractivity contribution < 1.29 is 9.90 Å². The van der Waals surface area contributed by atoms with Crippen molar-refractivity contribution in [1.29, 1.82) is 0 Å². The van der Waals surface area contributed by atoms with E-state index < -0.39 is 0 Å². The minimum Gasteiger partial charge on any atom is -0.508 e. The van der Waals surface area contributed by atoms with Crippen LogP contribution in [0.4, 0.5) is 0 Å². The summed E-state index contributed by atoms with van der Waals surface area (Å²) in [4.78, 5) is 14.3. The molecule has 2 fully saturated rings. The molecule has 5 heteroatoms. The third kappa shape index (κ3) is 3.12. The molecular weight excluding hydrogens is 326 g/mol. The highest BCUT2D eigenvalue weighted by Gasteiger charge is 2.51. The van der Waals surface area contributed by atoms with Gasteiger partial charge >= 0.3 is 0 Å². The molecule has 1 heterocycles. The number of nitrogens with one attached hydrogen (secondary N) is 1. The highest BCUT2D eigenvalue weighted by Crippen LogP contribution is 2.52. The zero-order valence-corrected chi connectivity index (χ0v) is 15.7. The van der Waals surface area contributed by atoms with Gasteiger partial charge in [0, 0.05) is 24.5 Å². The first-order chi connectivity index (χ1) is 12.5. The number of hydrogen-bond donors (Lipinski definition) is 3. The van der Waals surface area contributed by atoms with Crippen LogP contribution in [0.1, 0.15) is 43.7 Å². The van der Waals surface area contributed by atoms with E-state index in [0.29, 0.717) is 24.3 Å². The number of rotatable bonds is 6. The predicted molar refractivity (Wildman–Crippen MR) is 102 cm³/mol. The molecular formula is C21H31N3O2. The van der Waals surface area contributed by atoms with Crippen molar-refractivity contribution in [3.63, 3.8) is 0 Å². The molecule has 3 aliphatic rings. The van der Waals surface area contributed by atoms with Crippen molar-refractivity contribution >= 4 is 5.91 Å². The van der Waals surface area contributed by atoms with Gasteiger partial charge in [-0.2, -0.15) is 0 Å². The summed E-state index contributed by atoms with van der Waals surface area (Å²) in [5.74, 6) is 1.67. The van der Waals surface area contributed by atoms with Gasteiger partial charge in [-0.1, -0.05) is 13.0 Å². The van der Waals surface area contributed by atoms with Crippen LogP contribution in [0.15, 0.2) is 18.2 Å². The molecule has 1 unspecified atom stereocenters. The highest BCUT2D eigenvalue weighted by molar-refractivity contribution is 5.77. The third-order valence-corrected chi connectivity index (χ3v) is 7.09. The fraction of sp³-hybridized carbons (Fsp3) is 0.667. The number of phenols is 1. The van der Waals surface area contributed by atoms with E-state index in [2.05, 4.69) is 23.2 Å². The zero-order chi connectivity index (χ0) is 18.3. The standard InChI is InChI=1S/C21H31N3O2/c1-14-19-10-16-4-5-17(25)11-18(16)21(14,6-8-23-20(26)12-22)7-9-24(19)13-15-2-3-15/h4-5,11,14-15,19,25H,2-3,6-10,12-13,22H2,1H3,(H,23,26)/t14-,19+,21?/m0/s1. The number of piperidine rings is 1. The molecule has 0 spiro atoms. The molecule has 3 atom stereocenters. The van der Waals surface area contributed by atoms with Crippen LogP contribution >= 0.6 is 0 Å². The molecule has 1 saturated carbocycles. The average Bonchev–Trinajstić information content (AvgIpc) is 3.44. The van der Waals surface area contributed by atoms with E-state index in [1.54, 1.807) is 0 Å². The van der Waals surface area contributed by atoms with E-state index >= 15 is 0 Å². The number of carbonyl (C=O) groups is 1. The Morgan fingerprint density at radius 1 is 1.42 bits per heavy atom. The molecule has 26 heavy (non-hydrogen) atoms. The number of amides is 1. The number of benzene rings is 1. The first kappa shape index (κ1) is 17.8. The van der Waals surface area contributed by atoms with Gasteiger partial charge in [-0.3, -0.25) is 9.69 Å². The highest BCUT2D eigenvalue weighted by atomic mass is 16.3. The largest absolute Gasteiger partial charge is 0.508 e. The Labute approximate surface area is 155 Å². The lowest BCUT2D eigenvalue weighted by molar-refractivity contribution is -0.119. The van der Waals surface area contributed by atoms with Crippen LogP contribution in [0, 0.1) is 11.8 Å². The summed E-state index contributed by atoms with van der Waals surface area (Å²) < 4.78 is 0. The SMILES string of the molecule is C[C@H]1[C@H]2Cc3ccc(O)cc3C1(CCNC(=O)CN)CCN2CC1CC1. The number of hydrogen-bond acceptors (Lipinski definition) is 4. The average molecular weight is 357 g/mol. The van der Waals surface area contributed by atoms with Gasteiger partial charge < -0.3 is 16.2 Å². The van der Waals surface area contributed by atoms with Gasteiger partial charge in [0.1, 0.15) is 5.75 Å². The molecule has 142 valence electrons. The quantitative estimate of drug-likeness (QED) is 0.725. The van der Waals surface area contributed by atoms with E-state index in [4.69, 9.17) is 5.73 Å². The van der Waals surface area contributed by atoms with Gasteiger partial charge in [0.2, 0.25) is 5.91 Å². The van der Waals surface area contributed by atoms with Gasteiger partial charge in [0.15, 0.2) is 0 Å². The Bertz CT molecular complexity index is 688. The topological polar surface area (TPSA) is 78.6 Å². The van der Waals surface area contributed by atoms with Crippen LogP contribution in [0.5, 0.6) is 5.75 Å². The molecule has 1 aromatic rings. The summed E-state index contributed by atoms with van der Waals surface area (Å²) in [5.41, 5.74) is 8.13. The summed E-state index contributed by atoms with van der Waals surface area (Å²) in [7, 11) is 0. The molecule has 2 aliphatic carbocycles. The molecule has 5 nitrogen and oxygen atoms in total. The summed E-state index contributed by atoms with van der Waals surface area (Å²) in [6.07, 6.45) is 5.84. The van der Waals surface area contributed by atoms with Crippen molar-refractivity contribution in [2.24, 2.45) is 17.6 Å². The lowest BCUT2D eigenvalue weighted by Gasteiger charge is -2.56. The smallest absolute Gasteiger partial charge is 0.233 e. The predicted octanol–water partition coefficient (Wildman–Crippen LogP) is 1.77. The molecule has 1 saturated heterocycles. The fourth-order valence-corrected chi connectivity index (χ4v) is 5.38. The Morgan fingerprint density at radius 2 is 2.23 bits per heavy atom. The molecule has 0 aromatic heterocycles. The van der Waals surface area contributed by atoms with E-state index in [1.165, 1.54) is 30.5 Å². The van der Waals surface area contributed by atoms with E-state index in [9.17, 15) is 9.90 Å². The Hall–Kier alpha value is -1.59. The van der Waals surface area contributed by atoms with E-state index in [-0.39, 0.29) is 17.9 Å².